The predicted molar refractivity (Wildman–Crippen MR) is 91.7 cm³/mol. The first-order valence-electron chi connectivity index (χ1n) is 7.75. The summed E-state index contributed by atoms with van der Waals surface area (Å²) >= 11 is 0. The van der Waals surface area contributed by atoms with Gasteiger partial charge in [0.15, 0.2) is 6.61 Å². The molecular formula is C19H20N2O2. The molecule has 2 aromatic carbocycles. The molecule has 0 aliphatic carbocycles. The molecular weight excluding hydrogens is 288 g/mol. The van der Waals surface area contributed by atoms with E-state index >= 15 is 0 Å². The molecule has 0 aliphatic heterocycles. The number of para-hydroxylation sites is 2. The highest BCUT2D eigenvalue weighted by Crippen LogP contribution is 2.21. The van der Waals surface area contributed by atoms with Crippen LogP contribution in [-0.4, -0.2) is 24.0 Å². The third-order valence-electron chi connectivity index (χ3n) is 3.84. The molecule has 2 N–H and O–H groups in total. The molecule has 118 valence electrons. The van der Waals surface area contributed by atoms with Crippen molar-refractivity contribution in [2.45, 2.75) is 13.3 Å². The molecule has 0 radical (unpaired) electrons. The van der Waals surface area contributed by atoms with Crippen molar-refractivity contribution in [3.05, 3.63) is 65.9 Å². The van der Waals surface area contributed by atoms with Crippen LogP contribution in [0.1, 0.15) is 11.3 Å². The lowest BCUT2D eigenvalue weighted by Crippen LogP contribution is -2.30. The third kappa shape index (κ3) is 3.72. The van der Waals surface area contributed by atoms with Gasteiger partial charge in [0.1, 0.15) is 5.75 Å². The number of hydrogen-bond donors (Lipinski definition) is 2. The van der Waals surface area contributed by atoms with Crippen LogP contribution in [0.15, 0.2) is 54.6 Å². The molecule has 1 heterocycles. The zero-order chi connectivity index (χ0) is 16.1. The molecule has 23 heavy (non-hydrogen) atoms. The first-order valence-corrected chi connectivity index (χ1v) is 7.75. The van der Waals surface area contributed by atoms with E-state index in [1.165, 1.54) is 10.9 Å². The number of carbonyl (C=O) groups excluding carboxylic acids is 1. The van der Waals surface area contributed by atoms with E-state index in [9.17, 15) is 4.79 Å². The Morgan fingerprint density at radius 2 is 1.83 bits per heavy atom. The smallest absolute Gasteiger partial charge is 0.257 e. The van der Waals surface area contributed by atoms with Gasteiger partial charge in [-0.1, -0.05) is 36.4 Å². The predicted octanol–water partition coefficient (Wildman–Crippen LogP) is 3.21. The fourth-order valence-electron chi connectivity index (χ4n) is 2.70. The van der Waals surface area contributed by atoms with Crippen LogP contribution in [0, 0.1) is 6.92 Å². The number of aryl methyl sites for hydroxylation is 1. The summed E-state index contributed by atoms with van der Waals surface area (Å²) in [6.45, 7) is 2.70. The lowest BCUT2D eigenvalue weighted by Gasteiger charge is -2.07. The van der Waals surface area contributed by atoms with Crippen molar-refractivity contribution in [2.24, 2.45) is 0 Å². The topological polar surface area (TPSA) is 54.1 Å². The third-order valence-corrected chi connectivity index (χ3v) is 3.84. The maximum Gasteiger partial charge on any atom is 0.257 e. The number of aromatic amines is 1. The molecule has 0 unspecified atom stereocenters. The summed E-state index contributed by atoms with van der Waals surface area (Å²) in [4.78, 5) is 15.2. The number of hydrogen-bond acceptors (Lipinski definition) is 2. The van der Waals surface area contributed by atoms with Crippen molar-refractivity contribution >= 4 is 16.8 Å². The van der Waals surface area contributed by atoms with Crippen molar-refractivity contribution in [1.29, 1.82) is 0 Å². The summed E-state index contributed by atoms with van der Waals surface area (Å²) in [6.07, 6.45) is 0.799. The van der Waals surface area contributed by atoms with Gasteiger partial charge in [-0.05, 0) is 37.1 Å². The lowest BCUT2D eigenvalue weighted by molar-refractivity contribution is -0.123. The van der Waals surface area contributed by atoms with Crippen LogP contribution in [-0.2, 0) is 11.2 Å². The molecule has 0 fully saturated rings. The fraction of sp³-hybridized carbons (Fsp3) is 0.211. The normalized spacial score (nSPS) is 10.7. The van der Waals surface area contributed by atoms with Crippen molar-refractivity contribution in [3.8, 4) is 5.75 Å². The molecule has 3 aromatic rings. The highest BCUT2D eigenvalue weighted by Gasteiger charge is 2.08. The molecule has 1 amide bonds. The van der Waals surface area contributed by atoms with Crippen LogP contribution in [0.2, 0.25) is 0 Å². The van der Waals surface area contributed by atoms with Gasteiger partial charge in [-0.25, -0.2) is 0 Å². The zero-order valence-electron chi connectivity index (χ0n) is 13.1. The van der Waals surface area contributed by atoms with Crippen LogP contribution in [0.4, 0.5) is 0 Å². The molecule has 1 aromatic heterocycles. The van der Waals surface area contributed by atoms with Crippen molar-refractivity contribution in [1.82, 2.24) is 10.3 Å². The van der Waals surface area contributed by atoms with E-state index in [2.05, 4.69) is 29.4 Å². The van der Waals surface area contributed by atoms with E-state index in [1.54, 1.807) is 0 Å². The van der Waals surface area contributed by atoms with Gasteiger partial charge in [0, 0.05) is 23.1 Å². The molecule has 0 saturated heterocycles. The van der Waals surface area contributed by atoms with E-state index in [1.807, 2.05) is 42.5 Å². The van der Waals surface area contributed by atoms with Gasteiger partial charge in [0.2, 0.25) is 0 Å². The van der Waals surface area contributed by atoms with Gasteiger partial charge in [-0.3, -0.25) is 4.79 Å². The Morgan fingerprint density at radius 3 is 2.65 bits per heavy atom. The van der Waals surface area contributed by atoms with Gasteiger partial charge in [0.05, 0.1) is 0 Å². The van der Waals surface area contributed by atoms with E-state index in [4.69, 9.17) is 4.74 Å². The Kier molecular flexibility index (Phi) is 4.62. The maximum absolute atomic E-state index is 11.8. The summed E-state index contributed by atoms with van der Waals surface area (Å²) in [7, 11) is 0. The highest BCUT2D eigenvalue weighted by molar-refractivity contribution is 5.84. The number of aromatic nitrogens is 1. The Balaban J connectivity index is 1.50. The van der Waals surface area contributed by atoms with Gasteiger partial charge >= 0.3 is 0 Å². The number of nitrogens with one attached hydrogen (secondary N) is 2. The second-order valence-electron chi connectivity index (χ2n) is 5.48. The Hall–Kier alpha value is -2.75. The van der Waals surface area contributed by atoms with Crippen LogP contribution < -0.4 is 10.1 Å². The molecule has 4 nitrogen and oxygen atoms in total. The summed E-state index contributed by atoms with van der Waals surface area (Å²) in [5.74, 6) is 0.599. The van der Waals surface area contributed by atoms with E-state index in [0.717, 1.165) is 17.6 Å². The highest BCUT2D eigenvalue weighted by atomic mass is 16.5. The van der Waals surface area contributed by atoms with Crippen molar-refractivity contribution in [2.75, 3.05) is 13.2 Å². The quantitative estimate of drug-likeness (QED) is 0.734. The van der Waals surface area contributed by atoms with E-state index < -0.39 is 0 Å². The maximum atomic E-state index is 11.8. The van der Waals surface area contributed by atoms with E-state index in [-0.39, 0.29) is 12.5 Å². The van der Waals surface area contributed by atoms with Gasteiger partial charge in [-0.15, -0.1) is 0 Å². The van der Waals surface area contributed by atoms with Gasteiger partial charge in [0.25, 0.3) is 5.91 Å². The van der Waals surface area contributed by atoms with Gasteiger partial charge < -0.3 is 15.0 Å². The number of rotatable bonds is 6. The second-order valence-corrected chi connectivity index (χ2v) is 5.48. The largest absolute Gasteiger partial charge is 0.484 e. The average Bonchev–Trinajstić information content (AvgIpc) is 2.90. The molecule has 0 saturated carbocycles. The minimum Gasteiger partial charge on any atom is -0.484 e. The van der Waals surface area contributed by atoms with Crippen LogP contribution in [0.3, 0.4) is 0 Å². The van der Waals surface area contributed by atoms with Crippen molar-refractivity contribution < 1.29 is 9.53 Å². The van der Waals surface area contributed by atoms with Crippen LogP contribution in [0.25, 0.3) is 10.9 Å². The summed E-state index contributed by atoms with van der Waals surface area (Å²) in [5, 5.41) is 4.13. The van der Waals surface area contributed by atoms with Crippen LogP contribution in [0.5, 0.6) is 5.75 Å². The SMILES string of the molecule is Cc1[nH]c2ccccc2c1CCNC(=O)COc1ccccc1. The standard InChI is InChI=1S/C19H20N2O2/c1-14-16(17-9-5-6-10-18(17)21-14)11-12-20-19(22)13-23-15-7-3-2-4-8-15/h2-10,21H,11-13H2,1H3,(H,20,22). The van der Waals surface area contributed by atoms with E-state index in [0.29, 0.717) is 12.3 Å². The molecule has 0 atom stereocenters. The Bertz CT molecular complexity index is 793. The minimum atomic E-state index is -0.105. The average molecular weight is 308 g/mol. The lowest BCUT2D eigenvalue weighted by atomic mass is 10.1. The number of amides is 1. The molecule has 4 heteroatoms. The number of benzene rings is 2. The fourth-order valence-corrected chi connectivity index (χ4v) is 2.70. The molecule has 3 rings (SSSR count). The van der Waals surface area contributed by atoms with Crippen molar-refractivity contribution in [3.63, 3.8) is 0 Å². The minimum absolute atomic E-state index is 0.0386. The Morgan fingerprint density at radius 1 is 1.09 bits per heavy atom. The second kappa shape index (κ2) is 7.01. The molecule has 0 bridgehead atoms. The molecule has 0 spiro atoms. The summed E-state index contributed by atoms with van der Waals surface area (Å²) < 4.78 is 5.43. The monoisotopic (exact) mass is 308 g/mol. The number of H-pyrrole nitrogens is 1. The Labute approximate surface area is 135 Å². The number of fused-ring (bicyclic) bond motifs is 1. The number of carbonyl (C=O) groups is 1. The van der Waals surface area contributed by atoms with Crippen LogP contribution >= 0.6 is 0 Å². The number of ether oxygens (including phenoxy) is 1. The van der Waals surface area contributed by atoms with Gasteiger partial charge in [-0.2, -0.15) is 0 Å². The first kappa shape index (κ1) is 15.2. The molecule has 0 aliphatic rings. The zero-order valence-corrected chi connectivity index (χ0v) is 13.1. The first-order chi connectivity index (χ1) is 11.2. The summed E-state index contributed by atoms with van der Waals surface area (Å²) in [6, 6.07) is 17.6. The summed E-state index contributed by atoms with van der Waals surface area (Å²) in [5.41, 5.74) is 3.55.